The molecule has 13 heavy (non-hydrogen) atoms. The zero-order valence-electron chi connectivity index (χ0n) is 8.32. The molecule has 4 heteroatoms. The second kappa shape index (κ2) is 4.07. The SMILES string of the molecule is CC(C)(C[C@@H](CO)C1CC1)S(N)=O. The highest BCUT2D eigenvalue weighted by Crippen LogP contribution is 2.40. The molecular weight excluding hydrogens is 186 g/mol. The minimum absolute atomic E-state index is 0.200. The van der Waals surface area contributed by atoms with Crippen molar-refractivity contribution in [2.45, 2.75) is 37.9 Å². The Morgan fingerprint density at radius 2 is 2.15 bits per heavy atom. The van der Waals surface area contributed by atoms with Gasteiger partial charge in [-0.15, -0.1) is 0 Å². The number of hydrogen-bond donors (Lipinski definition) is 2. The summed E-state index contributed by atoms with van der Waals surface area (Å²) < 4.78 is 10.8. The van der Waals surface area contributed by atoms with Gasteiger partial charge >= 0.3 is 0 Å². The van der Waals surface area contributed by atoms with Crippen LogP contribution in [0.5, 0.6) is 0 Å². The lowest BCUT2D eigenvalue weighted by molar-refractivity contribution is 0.193. The molecule has 1 fully saturated rings. The first-order valence-corrected chi connectivity index (χ1v) is 5.96. The maximum Gasteiger partial charge on any atom is 0.0945 e. The van der Waals surface area contributed by atoms with Gasteiger partial charge in [-0.05, 0) is 44.9 Å². The summed E-state index contributed by atoms with van der Waals surface area (Å²) in [6.07, 6.45) is 3.17. The van der Waals surface area contributed by atoms with Crippen molar-refractivity contribution in [1.29, 1.82) is 0 Å². The van der Waals surface area contributed by atoms with Crippen LogP contribution in [0.3, 0.4) is 0 Å². The third kappa shape index (κ3) is 3.04. The molecule has 0 aromatic carbocycles. The maximum atomic E-state index is 11.2. The van der Waals surface area contributed by atoms with Crippen molar-refractivity contribution in [3.05, 3.63) is 0 Å². The van der Waals surface area contributed by atoms with E-state index in [1.165, 1.54) is 12.8 Å². The fourth-order valence-electron chi connectivity index (χ4n) is 1.66. The molecule has 0 amide bonds. The highest BCUT2D eigenvalue weighted by Gasteiger charge is 2.36. The van der Waals surface area contributed by atoms with Crippen molar-refractivity contribution in [1.82, 2.24) is 0 Å². The summed E-state index contributed by atoms with van der Waals surface area (Å²) in [5.41, 5.74) is 0. The Balaban J connectivity index is 2.48. The number of aliphatic hydroxyl groups excluding tert-OH is 1. The fourth-order valence-corrected chi connectivity index (χ4v) is 2.04. The summed E-state index contributed by atoms with van der Waals surface area (Å²) in [6, 6.07) is 0. The van der Waals surface area contributed by atoms with Gasteiger partial charge in [0.2, 0.25) is 0 Å². The predicted molar refractivity (Wildman–Crippen MR) is 54.3 cm³/mol. The van der Waals surface area contributed by atoms with E-state index >= 15 is 0 Å². The van der Waals surface area contributed by atoms with E-state index in [9.17, 15) is 4.21 Å². The largest absolute Gasteiger partial charge is 0.396 e. The molecule has 1 rings (SSSR count). The average molecular weight is 205 g/mol. The maximum absolute atomic E-state index is 11.2. The first-order chi connectivity index (χ1) is 5.97. The van der Waals surface area contributed by atoms with Crippen LogP contribution in [0.2, 0.25) is 0 Å². The normalized spacial score (nSPS) is 22.8. The van der Waals surface area contributed by atoms with Crippen molar-refractivity contribution >= 4 is 11.0 Å². The van der Waals surface area contributed by atoms with Gasteiger partial charge in [-0.1, -0.05) is 0 Å². The Morgan fingerprint density at radius 1 is 1.62 bits per heavy atom. The summed E-state index contributed by atoms with van der Waals surface area (Å²) in [5, 5.41) is 14.5. The van der Waals surface area contributed by atoms with E-state index in [-0.39, 0.29) is 11.4 Å². The molecule has 1 saturated carbocycles. The fraction of sp³-hybridized carbons (Fsp3) is 1.00. The predicted octanol–water partition coefficient (Wildman–Crippen LogP) is 0.796. The van der Waals surface area contributed by atoms with Gasteiger partial charge in [0.05, 0.1) is 15.7 Å². The molecular formula is C9H19NO2S. The van der Waals surface area contributed by atoms with Gasteiger partial charge in [-0.3, -0.25) is 5.14 Å². The molecule has 3 nitrogen and oxygen atoms in total. The summed E-state index contributed by atoms with van der Waals surface area (Å²) in [7, 11) is -1.30. The molecule has 2 atom stereocenters. The molecule has 0 aromatic heterocycles. The van der Waals surface area contributed by atoms with E-state index in [2.05, 4.69) is 0 Å². The Kier molecular flexibility index (Phi) is 3.49. The average Bonchev–Trinajstić information content (AvgIpc) is 2.82. The first kappa shape index (κ1) is 11.1. The third-order valence-electron chi connectivity index (χ3n) is 2.82. The quantitative estimate of drug-likeness (QED) is 0.697. The summed E-state index contributed by atoms with van der Waals surface area (Å²) in [5.74, 6) is 0.940. The molecule has 0 heterocycles. The molecule has 0 spiro atoms. The number of nitrogens with two attached hydrogens (primary N) is 1. The molecule has 0 aromatic rings. The zero-order chi connectivity index (χ0) is 10.1. The van der Waals surface area contributed by atoms with Gasteiger partial charge in [-0.25, -0.2) is 4.21 Å². The van der Waals surface area contributed by atoms with E-state index in [1.54, 1.807) is 0 Å². The molecule has 78 valence electrons. The van der Waals surface area contributed by atoms with Gasteiger partial charge in [0.1, 0.15) is 0 Å². The van der Waals surface area contributed by atoms with Crippen molar-refractivity contribution in [2.75, 3.05) is 6.61 Å². The lowest BCUT2D eigenvalue weighted by Gasteiger charge is -2.26. The van der Waals surface area contributed by atoms with Gasteiger partial charge in [-0.2, -0.15) is 0 Å². The second-order valence-corrected chi connectivity index (χ2v) is 6.24. The van der Waals surface area contributed by atoms with Crippen molar-refractivity contribution < 1.29 is 9.32 Å². The number of hydrogen-bond acceptors (Lipinski definition) is 2. The first-order valence-electron chi connectivity index (χ1n) is 4.74. The van der Waals surface area contributed by atoms with E-state index < -0.39 is 11.0 Å². The molecule has 0 radical (unpaired) electrons. The van der Waals surface area contributed by atoms with E-state index in [0.717, 1.165) is 6.42 Å². The second-order valence-electron chi connectivity index (χ2n) is 4.54. The highest BCUT2D eigenvalue weighted by atomic mass is 32.2. The van der Waals surface area contributed by atoms with Crippen LogP contribution < -0.4 is 5.14 Å². The Labute approximate surface area is 82.3 Å². The topological polar surface area (TPSA) is 63.3 Å². The summed E-state index contributed by atoms with van der Waals surface area (Å²) in [4.78, 5) is 0. The van der Waals surface area contributed by atoms with Crippen molar-refractivity contribution in [3.8, 4) is 0 Å². The van der Waals surface area contributed by atoms with E-state index in [1.807, 2.05) is 13.8 Å². The Hall–Kier alpha value is 0.0700. The highest BCUT2D eigenvalue weighted by molar-refractivity contribution is 7.84. The van der Waals surface area contributed by atoms with Crippen LogP contribution in [-0.2, 0) is 11.0 Å². The van der Waals surface area contributed by atoms with Crippen LogP contribution in [-0.4, -0.2) is 20.7 Å². The molecule has 1 aliphatic rings. The van der Waals surface area contributed by atoms with Crippen LogP contribution in [0.1, 0.15) is 33.1 Å². The molecule has 1 aliphatic carbocycles. The van der Waals surface area contributed by atoms with Gasteiger partial charge in [0.25, 0.3) is 0 Å². The summed E-state index contributed by atoms with van der Waals surface area (Å²) >= 11 is 0. The van der Waals surface area contributed by atoms with Crippen LogP contribution in [0.25, 0.3) is 0 Å². The standard InChI is InChI=1S/C9H19NO2S/c1-9(2,13(10)12)5-8(6-11)7-3-4-7/h7-8,11H,3-6,10H2,1-2H3/t8-,13?/m0/s1. The molecule has 0 aliphatic heterocycles. The summed E-state index contributed by atoms with van der Waals surface area (Å²) in [6.45, 7) is 3.99. The minimum atomic E-state index is -1.30. The number of aliphatic hydroxyl groups is 1. The lowest BCUT2D eigenvalue weighted by atomic mass is 9.93. The van der Waals surface area contributed by atoms with Gasteiger partial charge in [0.15, 0.2) is 0 Å². The zero-order valence-corrected chi connectivity index (χ0v) is 9.14. The van der Waals surface area contributed by atoms with Crippen molar-refractivity contribution in [2.24, 2.45) is 17.0 Å². The van der Waals surface area contributed by atoms with Crippen molar-refractivity contribution in [3.63, 3.8) is 0 Å². The molecule has 3 N–H and O–H groups in total. The van der Waals surface area contributed by atoms with Crippen LogP contribution in [0, 0.1) is 11.8 Å². The van der Waals surface area contributed by atoms with Crippen LogP contribution in [0.4, 0.5) is 0 Å². The van der Waals surface area contributed by atoms with Gasteiger partial charge < -0.3 is 5.11 Å². The molecule has 0 bridgehead atoms. The monoisotopic (exact) mass is 205 g/mol. The lowest BCUT2D eigenvalue weighted by Crippen LogP contribution is -2.35. The van der Waals surface area contributed by atoms with Crippen LogP contribution in [0.15, 0.2) is 0 Å². The minimum Gasteiger partial charge on any atom is -0.396 e. The smallest absolute Gasteiger partial charge is 0.0945 e. The van der Waals surface area contributed by atoms with E-state index in [0.29, 0.717) is 11.8 Å². The van der Waals surface area contributed by atoms with Gasteiger partial charge in [0, 0.05) is 6.61 Å². The van der Waals surface area contributed by atoms with E-state index in [4.69, 9.17) is 10.2 Å². The molecule has 0 saturated heterocycles. The number of rotatable bonds is 5. The Morgan fingerprint density at radius 3 is 2.46 bits per heavy atom. The third-order valence-corrected chi connectivity index (χ3v) is 4.08. The Bertz CT molecular complexity index is 202. The molecule has 1 unspecified atom stereocenters. The van der Waals surface area contributed by atoms with Crippen LogP contribution >= 0.6 is 0 Å².